The van der Waals surface area contributed by atoms with Crippen molar-refractivity contribution >= 4 is 17.2 Å². The van der Waals surface area contributed by atoms with Crippen LogP contribution in [0.25, 0.3) is 0 Å². The van der Waals surface area contributed by atoms with Crippen LogP contribution in [0.1, 0.15) is 22.8 Å². The molecule has 110 valence electrons. The summed E-state index contributed by atoms with van der Waals surface area (Å²) in [6.07, 6.45) is 0. The first-order chi connectivity index (χ1) is 9.93. The molecule has 2 aromatic rings. The molecule has 0 heterocycles. The van der Waals surface area contributed by atoms with E-state index in [-0.39, 0.29) is 11.6 Å². The summed E-state index contributed by atoms with van der Waals surface area (Å²) in [6.45, 7) is 3.12. The summed E-state index contributed by atoms with van der Waals surface area (Å²) in [5.74, 6) is 0.184. The van der Waals surface area contributed by atoms with E-state index < -0.39 is 0 Å². The van der Waals surface area contributed by atoms with Crippen molar-refractivity contribution in [1.82, 2.24) is 0 Å². The maximum absolute atomic E-state index is 13.7. The van der Waals surface area contributed by atoms with Crippen LogP contribution in [0.15, 0.2) is 36.4 Å². The third kappa shape index (κ3) is 3.05. The molecule has 0 spiro atoms. The minimum absolute atomic E-state index is 0.168. The fraction of sp³-hybridized carbons (Fsp3) is 0.235. The van der Waals surface area contributed by atoms with E-state index >= 15 is 0 Å². The number of hydrogen-bond donors (Lipinski definition) is 0. The topological polar surface area (TPSA) is 29.5 Å². The number of ketones is 1. The van der Waals surface area contributed by atoms with Gasteiger partial charge in [0.15, 0.2) is 5.78 Å². The van der Waals surface area contributed by atoms with E-state index in [1.165, 1.54) is 13.0 Å². The van der Waals surface area contributed by atoms with Gasteiger partial charge in [0, 0.05) is 24.4 Å². The Bertz CT molecular complexity index is 682. The maximum atomic E-state index is 13.7. The van der Waals surface area contributed by atoms with E-state index in [1.54, 1.807) is 20.1 Å². The normalized spacial score (nSPS) is 10.3. The number of methoxy groups -OCH3 is 1. The van der Waals surface area contributed by atoms with Gasteiger partial charge in [-0.05, 0) is 43.7 Å². The number of benzene rings is 2. The predicted octanol–water partition coefficient (Wildman–Crippen LogP) is 4.11. The molecule has 0 saturated heterocycles. The quantitative estimate of drug-likeness (QED) is 0.792. The highest BCUT2D eigenvalue weighted by atomic mass is 19.1. The van der Waals surface area contributed by atoms with E-state index in [1.807, 2.05) is 36.2 Å². The molecule has 0 aliphatic heterocycles. The molecule has 2 aromatic carbocycles. The Labute approximate surface area is 124 Å². The lowest BCUT2D eigenvalue weighted by molar-refractivity contribution is 0.101. The fourth-order valence-corrected chi connectivity index (χ4v) is 2.18. The predicted molar refractivity (Wildman–Crippen MR) is 82.2 cm³/mol. The number of carbonyl (C=O) groups is 1. The van der Waals surface area contributed by atoms with Gasteiger partial charge in [0.05, 0.1) is 12.8 Å². The molecule has 0 fully saturated rings. The van der Waals surface area contributed by atoms with Crippen LogP contribution in [0.4, 0.5) is 15.8 Å². The Kier molecular flexibility index (Phi) is 4.26. The zero-order chi connectivity index (χ0) is 15.6. The highest BCUT2D eigenvalue weighted by Gasteiger charge is 2.16. The van der Waals surface area contributed by atoms with E-state index in [0.717, 1.165) is 11.4 Å². The van der Waals surface area contributed by atoms with Gasteiger partial charge in [-0.15, -0.1) is 0 Å². The molecule has 0 unspecified atom stereocenters. The first kappa shape index (κ1) is 15.0. The van der Waals surface area contributed by atoms with E-state index in [0.29, 0.717) is 16.8 Å². The molecule has 21 heavy (non-hydrogen) atoms. The minimum atomic E-state index is -0.372. The second-order valence-electron chi connectivity index (χ2n) is 4.94. The number of anilines is 2. The van der Waals surface area contributed by atoms with Crippen molar-refractivity contribution in [2.24, 2.45) is 0 Å². The molecule has 0 N–H and O–H groups in total. The number of hydrogen-bond acceptors (Lipinski definition) is 3. The molecule has 0 aromatic heterocycles. The molecule has 4 heteroatoms. The summed E-state index contributed by atoms with van der Waals surface area (Å²) in [5.41, 5.74) is 2.41. The Morgan fingerprint density at radius 2 is 1.95 bits per heavy atom. The van der Waals surface area contributed by atoms with Crippen molar-refractivity contribution in [3.8, 4) is 5.75 Å². The average molecular weight is 287 g/mol. The van der Waals surface area contributed by atoms with Gasteiger partial charge in [-0.1, -0.05) is 6.07 Å². The van der Waals surface area contributed by atoms with E-state index in [2.05, 4.69) is 0 Å². The highest BCUT2D eigenvalue weighted by molar-refractivity contribution is 6.00. The second-order valence-corrected chi connectivity index (χ2v) is 4.94. The Hall–Kier alpha value is -2.36. The van der Waals surface area contributed by atoms with Crippen molar-refractivity contribution < 1.29 is 13.9 Å². The van der Waals surface area contributed by atoms with E-state index in [9.17, 15) is 9.18 Å². The van der Waals surface area contributed by atoms with Crippen LogP contribution in [0.2, 0.25) is 0 Å². The van der Waals surface area contributed by atoms with Gasteiger partial charge >= 0.3 is 0 Å². The number of nitrogens with zero attached hydrogens (tertiary/aromatic N) is 1. The smallest absolute Gasteiger partial charge is 0.162 e. The van der Waals surface area contributed by atoms with Crippen molar-refractivity contribution in [3.63, 3.8) is 0 Å². The van der Waals surface area contributed by atoms with Crippen LogP contribution in [0.3, 0.4) is 0 Å². The van der Waals surface area contributed by atoms with Crippen LogP contribution in [0.5, 0.6) is 5.75 Å². The van der Waals surface area contributed by atoms with Gasteiger partial charge < -0.3 is 9.64 Å². The first-order valence-electron chi connectivity index (χ1n) is 6.63. The van der Waals surface area contributed by atoms with Crippen molar-refractivity contribution in [2.75, 3.05) is 19.1 Å². The molecule has 0 bridgehead atoms. The highest BCUT2D eigenvalue weighted by Crippen LogP contribution is 2.31. The molecule has 0 aliphatic carbocycles. The number of ether oxygens (including phenoxy) is 1. The molecular weight excluding hydrogens is 269 g/mol. The maximum Gasteiger partial charge on any atom is 0.162 e. The third-order valence-electron chi connectivity index (χ3n) is 3.46. The summed E-state index contributed by atoms with van der Waals surface area (Å²) in [4.78, 5) is 13.6. The molecular formula is C17H18FNO2. The summed E-state index contributed by atoms with van der Waals surface area (Å²) < 4.78 is 18.9. The fourth-order valence-electron chi connectivity index (χ4n) is 2.18. The van der Waals surface area contributed by atoms with Gasteiger partial charge in [-0.3, -0.25) is 4.79 Å². The number of rotatable bonds is 4. The van der Waals surface area contributed by atoms with Crippen LogP contribution in [0, 0.1) is 12.7 Å². The second kappa shape index (κ2) is 5.95. The van der Waals surface area contributed by atoms with Crippen LogP contribution < -0.4 is 9.64 Å². The molecule has 0 saturated carbocycles. The summed E-state index contributed by atoms with van der Waals surface area (Å²) in [5, 5.41) is 0. The van der Waals surface area contributed by atoms with E-state index in [4.69, 9.17) is 4.74 Å². The lowest BCUT2D eigenvalue weighted by atomic mass is 10.0. The molecule has 2 rings (SSSR count). The van der Waals surface area contributed by atoms with Crippen molar-refractivity contribution in [3.05, 3.63) is 53.3 Å². The average Bonchev–Trinajstić information content (AvgIpc) is 2.48. The van der Waals surface area contributed by atoms with Gasteiger partial charge in [-0.2, -0.15) is 0 Å². The largest absolute Gasteiger partial charge is 0.497 e. The van der Waals surface area contributed by atoms with Crippen molar-refractivity contribution in [2.45, 2.75) is 13.8 Å². The third-order valence-corrected chi connectivity index (χ3v) is 3.46. The molecule has 0 amide bonds. The molecule has 0 atom stereocenters. The molecule has 0 aliphatic rings. The van der Waals surface area contributed by atoms with Crippen molar-refractivity contribution in [1.29, 1.82) is 0 Å². The monoisotopic (exact) mass is 287 g/mol. The zero-order valence-electron chi connectivity index (χ0n) is 12.6. The van der Waals surface area contributed by atoms with Gasteiger partial charge in [0.1, 0.15) is 11.6 Å². The number of aryl methyl sites for hydroxylation is 1. The Balaban J connectivity index is 2.53. The molecule has 0 radical (unpaired) electrons. The number of carbonyl (C=O) groups excluding carboxylic acids is 1. The lowest BCUT2D eigenvalue weighted by Crippen LogP contribution is -2.14. The standard InChI is InChI=1S/C17H18FNO2/c1-11-8-17(15(12(2)20)10-16(11)18)19(3)13-6-5-7-14(9-13)21-4/h5-10H,1-4H3. The Morgan fingerprint density at radius 3 is 2.57 bits per heavy atom. The summed E-state index contributed by atoms with van der Waals surface area (Å²) in [6, 6.07) is 10.5. The SMILES string of the molecule is COc1cccc(N(C)c2cc(C)c(F)cc2C(C)=O)c1. The van der Waals surface area contributed by atoms with Gasteiger partial charge in [0.25, 0.3) is 0 Å². The number of halogens is 1. The van der Waals surface area contributed by atoms with Crippen LogP contribution >= 0.6 is 0 Å². The minimum Gasteiger partial charge on any atom is -0.497 e. The summed E-state index contributed by atoms with van der Waals surface area (Å²) in [7, 11) is 3.44. The van der Waals surface area contributed by atoms with Gasteiger partial charge in [0.2, 0.25) is 0 Å². The number of Topliss-reactive ketones (excluding diaryl/α,β-unsaturated/α-hetero) is 1. The van der Waals surface area contributed by atoms with Crippen LogP contribution in [-0.2, 0) is 0 Å². The van der Waals surface area contributed by atoms with Crippen LogP contribution in [-0.4, -0.2) is 19.9 Å². The summed E-state index contributed by atoms with van der Waals surface area (Å²) >= 11 is 0. The Morgan fingerprint density at radius 1 is 1.24 bits per heavy atom. The zero-order valence-corrected chi connectivity index (χ0v) is 12.6. The lowest BCUT2D eigenvalue weighted by Gasteiger charge is -2.23. The first-order valence-corrected chi connectivity index (χ1v) is 6.63. The molecule has 3 nitrogen and oxygen atoms in total. The van der Waals surface area contributed by atoms with Gasteiger partial charge in [-0.25, -0.2) is 4.39 Å².